The fourth-order valence-electron chi connectivity index (χ4n) is 4.32. The summed E-state index contributed by atoms with van der Waals surface area (Å²) in [4.78, 5) is 31.8. The smallest absolute Gasteiger partial charge is 0.289 e. The van der Waals surface area contributed by atoms with Crippen LogP contribution in [0.3, 0.4) is 0 Å². The first kappa shape index (κ1) is 24.6. The number of nitrogens with zero attached hydrogens (tertiary/aromatic N) is 2. The van der Waals surface area contributed by atoms with Gasteiger partial charge in [0.2, 0.25) is 5.88 Å². The normalized spacial score (nSPS) is 11.2. The average molecular weight is 494 g/mol. The summed E-state index contributed by atoms with van der Waals surface area (Å²) in [5, 5.41) is 8.96. The summed E-state index contributed by atoms with van der Waals surface area (Å²) in [6.07, 6.45) is 2.83. The van der Waals surface area contributed by atoms with Crippen molar-refractivity contribution in [2.75, 3.05) is 13.6 Å². The molecule has 35 heavy (non-hydrogen) atoms. The summed E-state index contributed by atoms with van der Waals surface area (Å²) >= 11 is 1.72. The predicted molar refractivity (Wildman–Crippen MR) is 134 cm³/mol. The quantitative estimate of drug-likeness (QED) is 0.150. The van der Waals surface area contributed by atoms with Gasteiger partial charge in [0.05, 0.1) is 11.3 Å². The largest absolute Gasteiger partial charge is 0.449 e. The molecule has 3 N–H and O–H groups in total. The molecule has 0 fully saturated rings. The molecule has 0 aliphatic carbocycles. The fourth-order valence-corrected chi connectivity index (χ4v) is 5.25. The van der Waals surface area contributed by atoms with Crippen molar-refractivity contribution in [3.63, 3.8) is 0 Å². The maximum absolute atomic E-state index is 13.0. The van der Waals surface area contributed by atoms with Crippen LogP contribution in [0.4, 0.5) is 0 Å². The molecule has 8 nitrogen and oxygen atoms in total. The van der Waals surface area contributed by atoms with Crippen molar-refractivity contribution in [3.8, 4) is 16.3 Å². The van der Waals surface area contributed by atoms with Gasteiger partial charge in [0.1, 0.15) is 12.3 Å². The van der Waals surface area contributed by atoms with Gasteiger partial charge in [0.15, 0.2) is 6.79 Å². The Morgan fingerprint density at radius 3 is 2.60 bits per heavy atom. The maximum Gasteiger partial charge on any atom is 0.289 e. The van der Waals surface area contributed by atoms with Gasteiger partial charge in [-0.2, -0.15) is 0 Å². The van der Waals surface area contributed by atoms with E-state index in [1.54, 1.807) is 11.3 Å². The van der Waals surface area contributed by atoms with Gasteiger partial charge in [-0.05, 0) is 49.1 Å². The molecule has 3 aromatic heterocycles. The molecule has 9 heteroatoms. The first-order chi connectivity index (χ1) is 16.8. The molecule has 0 spiro atoms. The van der Waals surface area contributed by atoms with E-state index in [-0.39, 0.29) is 18.2 Å². The molecule has 4 aromatic rings. The minimum Gasteiger partial charge on any atom is -0.449 e. The van der Waals surface area contributed by atoms with Gasteiger partial charge in [-0.15, -0.1) is 11.3 Å². The lowest BCUT2D eigenvalue weighted by molar-refractivity contribution is -0.114. The number of benzene rings is 1. The topological polar surface area (TPSA) is 116 Å². The maximum atomic E-state index is 13.0. The minimum absolute atomic E-state index is 0.131. The Morgan fingerprint density at radius 1 is 1.17 bits per heavy atom. The summed E-state index contributed by atoms with van der Waals surface area (Å²) in [6.45, 7) is 5.02. The van der Waals surface area contributed by atoms with Crippen molar-refractivity contribution in [3.05, 3.63) is 75.6 Å². The lowest BCUT2D eigenvalue weighted by Gasteiger charge is -2.12. The van der Waals surface area contributed by atoms with E-state index in [1.807, 2.05) is 36.6 Å². The molecule has 0 radical (unpaired) electrons. The van der Waals surface area contributed by atoms with E-state index < -0.39 is 18.5 Å². The number of aliphatic hydroxyl groups excluding tert-OH is 1. The number of carbonyl (C=O) groups excluding carboxylic acids is 2. The van der Waals surface area contributed by atoms with Gasteiger partial charge in [-0.25, -0.2) is 4.98 Å². The highest BCUT2D eigenvalue weighted by molar-refractivity contribution is 7.15. The standard InChI is InChI=1S/C26H27N3O5S/c1-4-18-20(11-17-7-5-6-8-19(17)21-10-9-16(3)35-21)29-12-15(2)28-26(34-14-33-13-30)23(29)22(18)24(31)25(27)32/h5-10,12,30H,4,11,13-14H2,1-3H3,(H2,27,32). The van der Waals surface area contributed by atoms with E-state index in [4.69, 9.17) is 20.3 Å². The zero-order valence-electron chi connectivity index (χ0n) is 19.8. The van der Waals surface area contributed by atoms with Crippen LogP contribution in [-0.4, -0.2) is 39.8 Å². The van der Waals surface area contributed by atoms with Gasteiger partial charge in [0, 0.05) is 28.1 Å². The number of carbonyl (C=O) groups is 2. The van der Waals surface area contributed by atoms with Gasteiger partial charge in [-0.3, -0.25) is 9.59 Å². The number of fused-ring (bicyclic) bond motifs is 1. The number of Topliss-reactive ketones (excluding diaryl/α,β-unsaturated/α-hetero) is 1. The molecule has 3 heterocycles. The molecule has 0 atom stereocenters. The number of hydrogen-bond acceptors (Lipinski definition) is 7. The molecule has 0 saturated carbocycles. The SMILES string of the molecule is CCc1c(C(=O)C(N)=O)c2c(OCOCO)nc(C)cn2c1Cc1ccccc1-c1ccc(C)s1. The summed E-state index contributed by atoms with van der Waals surface area (Å²) < 4.78 is 12.4. The van der Waals surface area contributed by atoms with Crippen molar-refractivity contribution in [2.24, 2.45) is 5.73 Å². The Labute approximate surface area is 206 Å². The number of nitrogens with two attached hydrogens (primary N) is 1. The van der Waals surface area contributed by atoms with E-state index in [1.165, 1.54) is 4.88 Å². The van der Waals surface area contributed by atoms with Crippen molar-refractivity contribution < 1.29 is 24.2 Å². The molecule has 182 valence electrons. The molecule has 0 saturated heterocycles. The monoisotopic (exact) mass is 493 g/mol. The highest BCUT2D eigenvalue weighted by Gasteiger charge is 2.29. The summed E-state index contributed by atoms with van der Waals surface area (Å²) in [5.74, 6) is -1.72. The minimum atomic E-state index is -1.05. The van der Waals surface area contributed by atoms with E-state index >= 15 is 0 Å². The number of hydrogen-bond donors (Lipinski definition) is 2. The second-order valence-corrected chi connectivity index (χ2v) is 9.38. The third-order valence-corrected chi connectivity index (χ3v) is 6.80. The molecule has 0 unspecified atom stereocenters. The summed E-state index contributed by atoms with van der Waals surface area (Å²) in [5.41, 5.74) is 10.4. The molecule has 0 aliphatic rings. The van der Waals surface area contributed by atoms with Crippen molar-refractivity contribution >= 4 is 28.5 Å². The van der Waals surface area contributed by atoms with Crippen LogP contribution in [0.1, 0.15) is 44.7 Å². The van der Waals surface area contributed by atoms with Gasteiger partial charge in [0.25, 0.3) is 11.7 Å². The van der Waals surface area contributed by atoms with Crippen LogP contribution in [0.2, 0.25) is 0 Å². The Morgan fingerprint density at radius 2 is 1.94 bits per heavy atom. The lowest BCUT2D eigenvalue weighted by atomic mass is 9.96. The highest BCUT2D eigenvalue weighted by atomic mass is 32.1. The van der Waals surface area contributed by atoms with Crippen LogP contribution < -0.4 is 10.5 Å². The number of rotatable bonds is 10. The second-order valence-electron chi connectivity index (χ2n) is 8.09. The molecule has 1 amide bonds. The molecule has 0 bridgehead atoms. The third-order valence-electron chi connectivity index (χ3n) is 5.77. The Hall–Kier alpha value is -3.53. The van der Waals surface area contributed by atoms with Gasteiger partial charge < -0.3 is 24.7 Å². The molecule has 1 aromatic carbocycles. The average Bonchev–Trinajstić information content (AvgIpc) is 3.40. The Kier molecular flexibility index (Phi) is 7.30. The lowest BCUT2D eigenvalue weighted by Crippen LogP contribution is -2.24. The number of aliphatic hydroxyl groups is 1. The highest BCUT2D eigenvalue weighted by Crippen LogP contribution is 2.36. The number of aromatic nitrogens is 2. The summed E-state index contributed by atoms with van der Waals surface area (Å²) in [6, 6.07) is 12.4. The molecule has 0 aliphatic heterocycles. The Bertz CT molecular complexity index is 1410. The van der Waals surface area contributed by atoms with Gasteiger partial charge in [-0.1, -0.05) is 31.2 Å². The predicted octanol–water partition coefficient (Wildman–Crippen LogP) is 3.80. The molecule has 4 rings (SSSR count). The van der Waals surface area contributed by atoms with Crippen molar-refractivity contribution in [1.29, 1.82) is 0 Å². The number of primary amides is 1. The van der Waals surface area contributed by atoms with E-state index in [9.17, 15) is 9.59 Å². The number of ether oxygens (including phenoxy) is 2. The summed E-state index contributed by atoms with van der Waals surface area (Å²) in [7, 11) is 0. The zero-order chi connectivity index (χ0) is 25.1. The van der Waals surface area contributed by atoms with Crippen LogP contribution in [0.25, 0.3) is 16.0 Å². The molecular weight excluding hydrogens is 466 g/mol. The first-order valence-corrected chi connectivity index (χ1v) is 12.0. The Balaban J connectivity index is 1.95. The third kappa shape index (κ3) is 4.84. The van der Waals surface area contributed by atoms with Crippen LogP contribution >= 0.6 is 11.3 Å². The van der Waals surface area contributed by atoms with E-state index in [2.05, 4.69) is 36.2 Å². The first-order valence-electron chi connectivity index (χ1n) is 11.2. The number of aryl methyl sites for hydroxylation is 2. The van der Waals surface area contributed by atoms with Crippen LogP contribution in [-0.2, 0) is 22.4 Å². The van der Waals surface area contributed by atoms with E-state index in [0.717, 1.165) is 21.7 Å². The van der Waals surface area contributed by atoms with Crippen molar-refractivity contribution in [1.82, 2.24) is 9.38 Å². The number of amides is 1. The zero-order valence-corrected chi connectivity index (χ0v) is 20.6. The van der Waals surface area contributed by atoms with Gasteiger partial charge >= 0.3 is 0 Å². The van der Waals surface area contributed by atoms with E-state index in [0.29, 0.717) is 29.6 Å². The fraction of sp³-hybridized carbons (Fsp3) is 0.269. The van der Waals surface area contributed by atoms with Crippen LogP contribution in [0, 0.1) is 13.8 Å². The van der Waals surface area contributed by atoms with Crippen LogP contribution in [0.5, 0.6) is 5.88 Å². The second kappa shape index (κ2) is 10.4. The molecular formula is C26H27N3O5S. The van der Waals surface area contributed by atoms with Crippen molar-refractivity contribution in [2.45, 2.75) is 33.6 Å². The number of thiophene rings is 1. The van der Waals surface area contributed by atoms with Crippen LogP contribution in [0.15, 0.2) is 42.6 Å². The number of ketones is 1.